The van der Waals surface area contributed by atoms with Crippen molar-refractivity contribution in [2.75, 3.05) is 45.2 Å². The van der Waals surface area contributed by atoms with Crippen molar-refractivity contribution in [3.05, 3.63) is 59.2 Å². The first-order valence-electron chi connectivity index (χ1n) is 10.1. The topological polar surface area (TPSA) is 77.0 Å². The van der Waals surface area contributed by atoms with Crippen LogP contribution in [0.15, 0.2) is 52.4 Å². The van der Waals surface area contributed by atoms with Gasteiger partial charge in [-0.25, -0.2) is 13.1 Å². The Hall–Kier alpha value is -1.85. The lowest BCUT2D eigenvalue weighted by atomic mass is 10.1. The Labute approximate surface area is 203 Å². The highest BCUT2D eigenvalue weighted by atomic mass is 127. The van der Waals surface area contributed by atoms with Crippen LogP contribution in [0.25, 0.3) is 0 Å². The summed E-state index contributed by atoms with van der Waals surface area (Å²) in [4.78, 5) is 9.40. The van der Waals surface area contributed by atoms with E-state index in [1.807, 2.05) is 12.1 Å². The van der Waals surface area contributed by atoms with Crippen LogP contribution in [0.3, 0.4) is 0 Å². The smallest absolute Gasteiger partial charge is 0.240 e. The Bertz CT molecular complexity index is 1000. The number of rotatable bonds is 5. The number of hydrogen-bond donors (Lipinski definition) is 2. The summed E-state index contributed by atoms with van der Waals surface area (Å²) in [6, 6.07) is 13.4. The molecule has 2 aromatic rings. The standard InChI is InChI=1S/C22H31N5O2S.HI/c1-17-6-5-7-21(18(17)2)26-12-14-27(15-13-26)22(23-3)25-16-19-8-10-20(11-9-19)30(28,29)24-4;/h5-11,24H,12-16H2,1-4H3,(H,23,25);1H. The lowest BCUT2D eigenvalue weighted by Gasteiger charge is -2.38. The molecule has 0 aliphatic carbocycles. The molecule has 0 radical (unpaired) electrons. The Balaban J connectivity index is 0.00000341. The molecule has 0 saturated carbocycles. The number of guanidine groups is 1. The van der Waals surface area contributed by atoms with Gasteiger partial charge in [0.15, 0.2) is 5.96 Å². The van der Waals surface area contributed by atoms with Gasteiger partial charge in [-0.3, -0.25) is 4.99 Å². The minimum Gasteiger partial charge on any atom is -0.368 e. The highest BCUT2D eigenvalue weighted by Crippen LogP contribution is 2.23. The average Bonchev–Trinajstić information content (AvgIpc) is 2.77. The molecule has 0 atom stereocenters. The maximum Gasteiger partial charge on any atom is 0.240 e. The van der Waals surface area contributed by atoms with Crippen LogP contribution in [0.1, 0.15) is 16.7 Å². The molecule has 7 nitrogen and oxygen atoms in total. The van der Waals surface area contributed by atoms with Crippen LogP contribution in [0.4, 0.5) is 5.69 Å². The number of benzene rings is 2. The second-order valence-corrected chi connectivity index (χ2v) is 9.33. The van der Waals surface area contributed by atoms with E-state index in [1.54, 1.807) is 19.2 Å². The zero-order chi connectivity index (χ0) is 21.7. The van der Waals surface area contributed by atoms with Crippen LogP contribution in [-0.4, -0.2) is 59.6 Å². The number of halogens is 1. The molecule has 1 aliphatic rings. The molecule has 1 heterocycles. The molecular formula is C22H32IN5O2S. The van der Waals surface area contributed by atoms with Crippen LogP contribution in [0, 0.1) is 13.8 Å². The second-order valence-electron chi connectivity index (χ2n) is 7.45. The Morgan fingerprint density at radius 2 is 1.68 bits per heavy atom. The zero-order valence-corrected chi connectivity index (χ0v) is 21.7. The molecule has 3 rings (SSSR count). The van der Waals surface area contributed by atoms with Crippen molar-refractivity contribution >= 4 is 45.6 Å². The molecule has 2 N–H and O–H groups in total. The van der Waals surface area contributed by atoms with E-state index in [-0.39, 0.29) is 28.9 Å². The van der Waals surface area contributed by atoms with Crippen molar-refractivity contribution in [3.63, 3.8) is 0 Å². The predicted octanol–water partition coefficient (Wildman–Crippen LogP) is 2.73. The molecule has 1 saturated heterocycles. The van der Waals surface area contributed by atoms with Gasteiger partial charge in [0.2, 0.25) is 10.0 Å². The van der Waals surface area contributed by atoms with Gasteiger partial charge in [0, 0.05) is 45.5 Å². The fourth-order valence-corrected chi connectivity index (χ4v) is 4.39. The first kappa shape index (κ1) is 25.4. The molecule has 1 aliphatic heterocycles. The van der Waals surface area contributed by atoms with Gasteiger partial charge in [-0.15, -0.1) is 24.0 Å². The molecule has 0 amide bonds. The lowest BCUT2D eigenvalue weighted by molar-refractivity contribution is 0.372. The van der Waals surface area contributed by atoms with E-state index in [0.29, 0.717) is 6.54 Å². The third kappa shape index (κ3) is 6.11. The highest BCUT2D eigenvalue weighted by molar-refractivity contribution is 14.0. The van der Waals surface area contributed by atoms with Crippen molar-refractivity contribution in [3.8, 4) is 0 Å². The lowest BCUT2D eigenvalue weighted by Crippen LogP contribution is -2.52. The maximum atomic E-state index is 11.8. The van der Waals surface area contributed by atoms with Crippen LogP contribution >= 0.6 is 24.0 Å². The molecule has 0 spiro atoms. The maximum absolute atomic E-state index is 11.8. The molecule has 0 unspecified atom stereocenters. The van der Waals surface area contributed by atoms with Crippen molar-refractivity contribution in [2.24, 2.45) is 4.99 Å². The monoisotopic (exact) mass is 557 g/mol. The molecule has 0 bridgehead atoms. The number of anilines is 1. The second kappa shape index (κ2) is 11.1. The van der Waals surface area contributed by atoms with Gasteiger partial charge in [0.25, 0.3) is 0 Å². The zero-order valence-electron chi connectivity index (χ0n) is 18.6. The summed E-state index contributed by atoms with van der Waals surface area (Å²) < 4.78 is 26.0. The molecule has 1 fully saturated rings. The molecule has 0 aromatic heterocycles. The first-order valence-corrected chi connectivity index (χ1v) is 11.6. The SMILES string of the molecule is CN=C(NCc1ccc(S(=O)(=O)NC)cc1)N1CCN(c2cccc(C)c2C)CC1.I. The van der Waals surface area contributed by atoms with Crippen LogP contribution in [0.2, 0.25) is 0 Å². The summed E-state index contributed by atoms with van der Waals surface area (Å²) in [5.41, 5.74) is 4.98. The minimum atomic E-state index is -3.41. The fraction of sp³-hybridized carbons (Fsp3) is 0.409. The number of aliphatic imine (C=N–C) groups is 1. The first-order chi connectivity index (χ1) is 14.4. The van der Waals surface area contributed by atoms with Gasteiger partial charge >= 0.3 is 0 Å². The Kier molecular flexibility index (Phi) is 9.14. The number of aryl methyl sites for hydroxylation is 1. The Morgan fingerprint density at radius 1 is 1.03 bits per heavy atom. The quantitative estimate of drug-likeness (QED) is 0.336. The average molecular weight is 558 g/mol. The molecule has 2 aromatic carbocycles. The van der Waals surface area contributed by atoms with Crippen LogP contribution < -0.4 is 14.9 Å². The van der Waals surface area contributed by atoms with E-state index in [9.17, 15) is 8.42 Å². The minimum absolute atomic E-state index is 0. The van der Waals surface area contributed by atoms with Gasteiger partial charge in [-0.1, -0.05) is 24.3 Å². The van der Waals surface area contributed by atoms with Crippen molar-refractivity contribution in [2.45, 2.75) is 25.3 Å². The van der Waals surface area contributed by atoms with E-state index in [1.165, 1.54) is 23.9 Å². The third-order valence-electron chi connectivity index (χ3n) is 5.66. The predicted molar refractivity (Wildman–Crippen MR) is 138 cm³/mol. The summed E-state index contributed by atoms with van der Waals surface area (Å²) in [5.74, 6) is 0.863. The fourth-order valence-electron chi connectivity index (χ4n) is 3.66. The summed E-state index contributed by atoms with van der Waals surface area (Å²) in [6.07, 6.45) is 0. The number of sulfonamides is 1. The van der Waals surface area contributed by atoms with E-state index < -0.39 is 10.0 Å². The largest absolute Gasteiger partial charge is 0.368 e. The van der Waals surface area contributed by atoms with Gasteiger partial charge in [0.1, 0.15) is 0 Å². The van der Waals surface area contributed by atoms with Gasteiger partial charge in [-0.05, 0) is 55.8 Å². The van der Waals surface area contributed by atoms with Gasteiger partial charge < -0.3 is 15.1 Å². The number of nitrogens with one attached hydrogen (secondary N) is 2. The Morgan fingerprint density at radius 3 is 2.26 bits per heavy atom. The van der Waals surface area contributed by atoms with E-state index in [2.05, 4.69) is 56.9 Å². The highest BCUT2D eigenvalue weighted by Gasteiger charge is 2.21. The van der Waals surface area contributed by atoms with Crippen LogP contribution in [0.5, 0.6) is 0 Å². The van der Waals surface area contributed by atoms with E-state index in [0.717, 1.165) is 37.7 Å². The third-order valence-corrected chi connectivity index (χ3v) is 7.09. The van der Waals surface area contributed by atoms with Crippen LogP contribution in [-0.2, 0) is 16.6 Å². The van der Waals surface area contributed by atoms with E-state index in [4.69, 9.17) is 0 Å². The summed E-state index contributed by atoms with van der Waals surface area (Å²) in [5, 5.41) is 3.40. The van der Waals surface area contributed by atoms with Crippen molar-refractivity contribution in [1.82, 2.24) is 14.9 Å². The van der Waals surface area contributed by atoms with E-state index >= 15 is 0 Å². The number of nitrogens with zero attached hydrogens (tertiary/aromatic N) is 3. The molecular weight excluding hydrogens is 525 g/mol. The summed E-state index contributed by atoms with van der Waals surface area (Å²) >= 11 is 0. The van der Waals surface area contributed by atoms with Gasteiger partial charge in [0.05, 0.1) is 4.90 Å². The number of hydrogen-bond acceptors (Lipinski definition) is 4. The van der Waals surface area contributed by atoms with Crippen molar-refractivity contribution < 1.29 is 8.42 Å². The molecule has 170 valence electrons. The molecule has 9 heteroatoms. The van der Waals surface area contributed by atoms with Gasteiger partial charge in [-0.2, -0.15) is 0 Å². The summed E-state index contributed by atoms with van der Waals surface area (Å²) in [7, 11) is -0.204. The molecule has 31 heavy (non-hydrogen) atoms. The number of piperazine rings is 1. The summed E-state index contributed by atoms with van der Waals surface area (Å²) in [6.45, 7) is 8.61. The van der Waals surface area contributed by atoms with Crippen molar-refractivity contribution in [1.29, 1.82) is 0 Å². The normalized spacial score (nSPS) is 14.9.